The Morgan fingerprint density at radius 2 is 1.48 bits per heavy atom. The molecule has 1 saturated carbocycles. The minimum absolute atomic E-state index is 0.0732. The number of rotatable bonds is 6. The maximum Gasteiger partial charge on any atom is 0.150 e. The Kier molecular flexibility index (Phi) is 6.56. The highest BCUT2D eigenvalue weighted by Crippen LogP contribution is 2.42. The Labute approximate surface area is 199 Å². The molecule has 5 nitrogen and oxygen atoms in total. The largest absolute Gasteiger partial charge is 0.378 e. The fourth-order valence-corrected chi connectivity index (χ4v) is 6.38. The Morgan fingerprint density at radius 1 is 0.909 bits per heavy atom. The number of hydrogen-bond acceptors (Lipinski definition) is 6. The van der Waals surface area contributed by atoms with Crippen LogP contribution in [0.3, 0.4) is 0 Å². The summed E-state index contributed by atoms with van der Waals surface area (Å²) in [7, 11) is 1.92. The van der Waals surface area contributed by atoms with Gasteiger partial charge in [0.25, 0.3) is 0 Å². The van der Waals surface area contributed by atoms with Gasteiger partial charge in [0.2, 0.25) is 0 Å². The number of carbonyl (C=O) groups is 1. The first kappa shape index (κ1) is 22.2. The molecule has 6 heteroatoms. The topological polar surface area (TPSA) is 55.3 Å². The fraction of sp³-hybridized carbons (Fsp3) is 0.444. The predicted octanol–water partition coefficient (Wildman–Crippen LogP) is 6.25. The summed E-state index contributed by atoms with van der Waals surface area (Å²) in [6, 6.07) is 16.2. The number of carbonyl (C=O) groups excluding carboxylic acids is 1. The lowest BCUT2D eigenvalue weighted by molar-refractivity contribution is -0.0856. The number of aromatic nitrogens is 2. The number of hydrogen-bond donors (Lipinski definition) is 0. The molecule has 2 heterocycles. The summed E-state index contributed by atoms with van der Waals surface area (Å²) in [5.41, 5.74) is 4.06. The second-order valence-corrected chi connectivity index (χ2v) is 10.3. The molecule has 0 spiro atoms. The van der Waals surface area contributed by atoms with Gasteiger partial charge in [-0.2, -0.15) is 0 Å². The minimum atomic E-state index is 0.0732. The molecule has 33 heavy (non-hydrogen) atoms. The van der Waals surface area contributed by atoms with E-state index in [1.165, 1.54) is 37.8 Å². The number of benzene rings is 2. The van der Waals surface area contributed by atoms with Crippen LogP contribution in [-0.4, -0.2) is 42.3 Å². The van der Waals surface area contributed by atoms with Crippen molar-refractivity contribution in [2.24, 2.45) is 5.92 Å². The van der Waals surface area contributed by atoms with Crippen molar-refractivity contribution in [3.8, 4) is 21.1 Å². The predicted molar refractivity (Wildman–Crippen MR) is 134 cm³/mol. The van der Waals surface area contributed by atoms with Gasteiger partial charge in [-0.05, 0) is 55.9 Å². The highest BCUT2D eigenvalue weighted by molar-refractivity contribution is 7.17. The quantitative estimate of drug-likeness (QED) is 0.406. The Bertz CT molecular complexity index is 1060. The van der Waals surface area contributed by atoms with Crippen molar-refractivity contribution >= 4 is 23.3 Å². The third kappa shape index (κ3) is 4.59. The summed E-state index contributed by atoms with van der Waals surface area (Å²) in [4.78, 5) is 13.4. The van der Waals surface area contributed by atoms with Crippen LogP contribution in [-0.2, 0) is 4.74 Å². The van der Waals surface area contributed by atoms with Gasteiger partial charge < -0.3 is 9.64 Å². The number of anilines is 1. The molecule has 1 saturated heterocycles. The summed E-state index contributed by atoms with van der Waals surface area (Å²) in [5, 5.41) is 10.5. The van der Waals surface area contributed by atoms with Gasteiger partial charge in [-0.15, -0.1) is 10.2 Å². The van der Waals surface area contributed by atoms with Crippen molar-refractivity contribution < 1.29 is 9.53 Å². The smallest absolute Gasteiger partial charge is 0.150 e. The zero-order chi connectivity index (χ0) is 22.7. The van der Waals surface area contributed by atoms with Gasteiger partial charge in [0.1, 0.15) is 16.3 Å². The zero-order valence-corrected chi connectivity index (χ0v) is 20.0. The third-order valence-electron chi connectivity index (χ3n) is 7.56. The fourth-order valence-electron chi connectivity index (χ4n) is 5.53. The number of methoxy groups -OCH3 is 1. The highest BCUT2D eigenvalue weighted by atomic mass is 32.1. The monoisotopic (exact) mass is 461 g/mol. The molecule has 1 aliphatic carbocycles. The van der Waals surface area contributed by atoms with Crippen LogP contribution >= 0.6 is 11.3 Å². The van der Waals surface area contributed by atoms with E-state index in [1.54, 1.807) is 11.3 Å². The molecule has 0 N–H and O–H groups in total. The maximum absolute atomic E-state index is 10.9. The van der Waals surface area contributed by atoms with Gasteiger partial charge in [0, 0.05) is 42.6 Å². The number of piperidine rings is 1. The van der Waals surface area contributed by atoms with E-state index < -0.39 is 0 Å². The van der Waals surface area contributed by atoms with Gasteiger partial charge >= 0.3 is 0 Å². The number of aldehydes is 1. The molecule has 0 unspecified atom stereocenters. The van der Waals surface area contributed by atoms with Gasteiger partial charge in [0.05, 0.1) is 5.60 Å². The average molecular weight is 462 g/mol. The molecule has 3 aromatic rings. The van der Waals surface area contributed by atoms with E-state index in [4.69, 9.17) is 4.74 Å². The van der Waals surface area contributed by atoms with E-state index in [-0.39, 0.29) is 5.60 Å². The second kappa shape index (κ2) is 9.74. The normalized spacial score (nSPS) is 18.9. The average Bonchev–Trinajstić information content (AvgIpc) is 3.40. The lowest BCUT2D eigenvalue weighted by Crippen LogP contribution is -2.50. The van der Waals surface area contributed by atoms with Crippen molar-refractivity contribution in [2.45, 2.75) is 50.5 Å². The van der Waals surface area contributed by atoms with E-state index in [9.17, 15) is 4.79 Å². The van der Waals surface area contributed by atoms with Gasteiger partial charge in [-0.1, -0.05) is 54.9 Å². The summed E-state index contributed by atoms with van der Waals surface area (Å²) < 4.78 is 6.17. The van der Waals surface area contributed by atoms with Crippen LogP contribution in [0.2, 0.25) is 0 Å². The van der Waals surface area contributed by atoms with Crippen LogP contribution in [0.15, 0.2) is 48.5 Å². The highest BCUT2D eigenvalue weighted by Gasteiger charge is 2.41. The molecule has 0 atom stereocenters. The van der Waals surface area contributed by atoms with Crippen molar-refractivity contribution in [3.05, 3.63) is 54.1 Å². The SMILES string of the molecule is COC1(C2CCCCC2)CCN(c2ccc(-c3nnc(-c4ccc(C=O)cc4)s3)cc2)CC1. The first-order chi connectivity index (χ1) is 16.2. The molecule has 2 aromatic carbocycles. The van der Waals surface area contributed by atoms with Gasteiger partial charge in [-0.3, -0.25) is 4.79 Å². The van der Waals surface area contributed by atoms with E-state index in [0.717, 1.165) is 59.3 Å². The summed E-state index contributed by atoms with van der Waals surface area (Å²) in [6.07, 6.45) is 9.83. The van der Waals surface area contributed by atoms with Crippen molar-refractivity contribution in [1.29, 1.82) is 0 Å². The summed E-state index contributed by atoms with van der Waals surface area (Å²) >= 11 is 1.57. The molecule has 2 fully saturated rings. The standard InChI is InChI=1S/C27H31N3O2S/c1-32-27(23-5-3-2-4-6-23)15-17-30(18-16-27)24-13-11-22(12-14-24)26-29-28-25(33-26)21-9-7-20(19-31)8-10-21/h7-14,19,23H,2-6,15-18H2,1H3. The van der Waals surface area contributed by atoms with Crippen LogP contribution < -0.4 is 4.90 Å². The third-order valence-corrected chi connectivity index (χ3v) is 8.59. The van der Waals surface area contributed by atoms with Gasteiger partial charge in [-0.25, -0.2) is 0 Å². The molecule has 0 amide bonds. The molecule has 0 radical (unpaired) electrons. The van der Waals surface area contributed by atoms with Crippen LogP contribution in [0, 0.1) is 5.92 Å². The molecule has 172 valence electrons. The van der Waals surface area contributed by atoms with Crippen molar-refractivity contribution in [3.63, 3.8) is 0 Å². The molecule has 1 aromatic heterocycles. The maximum atomic E-state index is 10.9. The second-order valence-electron chi connectivity index (χ2n) is 9.29. The number of ether oxygens (including phenoxy) is 1. The van der Waals surface area contributed by atoms with E-state index >= 15 is 0 Å². The van der Waals surface area contributed by atoms with Crippen LogP contribution in [0.5, 0.6) is 0 Å². The molecule has 5 rings (SSSR count). The van der Waals surface area contributed by atoms with Gasteiger partial charge in [0.15, 0.2) is 0 Å². The van der Waals surface area contributed by atoms with Crippen LogP contribution in [0.4, 0.5) is 5.69 Å². The summed E-state index contributed by atoms with van der Waals surface area (Å²) in [6.45, 7) is 2.09. The van der Waals surface area contributed by atoms with E-state index in [2.05, 4.69) is 39.4 Å². The van der Waals surface area contributed by atoms with E-state index in [1.807, 2.05) is 31.4 Å². The number of nitrogens with zero attached hydrogens (tertiary/aromatic N) is 3. The summed E-state index contributed by atoms with van der Waals surface area (Å²) in [5.74, 6) is 0.724. The lowest BCUT2D eigenvalue weighted by atomic mass is 9.72. The van der Waals surface area contributed by atoms with Crippen LogP contribution in [0.1, 0.15) is 55.3 Å². The van der Waals surface area contributed by atoms with E-state index in [0.29, 0.717) is 5.56 Å². The first-order valence-electron chi connectivity index (χ1n) is 12.0. The Hall–Kier alpha value is -2.57. The first-order valence-corrected chi connectivity index (χ1v) is 12.8. The molecule has 2 aliphatic rings. The lowest BCUT2D eigenvalue weighted by Gasteiger charge is -2.47. The molecular formula is C27H31N3O2S. The zero-order valence-electron chi connectivity index (χ0n) is 19.2. The molecular weight excluding hydrogens is 430 g/mol. The Morgan fingerprint density at radius 3 is 2.03 bits per heavy atom. The van der Waals surface area contributed by atoms with Crippen molar-refractivity contribution in [2.75, 3.05) is 25.1 Å². The van der Waals surface area contributed by atoms with Crippen LogP contribution in [0.25, 0.3) is 21.1 Å². The molecule has 1 aliphatic heterocycles. The van der Waals surface area contributed by atoms with Crippen molar-refractivity contribution in [1.82, 2.24) is 10.2 Å². The molecule has 0 bridgehead atoms. The minimum Gasteiger partial charge on any atom is -0.378 e. The Balaban J connectivity index is 1.25.